The molecule has 0 radical (unpaired) electrons. The molecule has 7 nitrogen and oxygen atoms in total. The van der Waals surface area contributed by atoms with Crippen molar-refractivity contribution >= 4 is 39.1 Å². The Balaban J connectivity index is 1.58. The number of hydrogen-bond acceptors (Lipinski definition) is 4. The first-order valence-electron chi connectivity index (χ1n) is 15.6. The van der Waals surface area contributed by atoms with Gasteiger partial charge in [0.25, 0.3) is 10.0 Å². The second kappa shape index (κ2) is 15.0. The third kappa shape index (κ3) is 8.17. The molecule has 0 spiro atoms. The summed E-state index contributed by atoms with van der Waals surface area (Å²) >= 11 is 6.37. The molecule has 9 heteroatoms. The molecule has 4 aromatic carbocycles. The number of rotatable bonds is 12. The highest BCUT2D eigenvalue weighted by Gasteiger charge is 2.36. The van der Waals surface area contributed by atoms with E-state index in [1.54, 1.807) is 43.3 Å². The van der Waals surface area contributed by atoms with Crippen molar-refractivity contribution < 1.29 is 18.0 Å². The number of carbonyl (C=O) groups is 2. The Morgan fingerprint density at radius 1 is 0.848 bits per heavy atom. The predicted molar refractivity (Wildman–Crippen MR) is 183 cm³/mol. The molecule has 1 saturated carbocycles. The van der Waals surface area contributed by atoms with Crippen molar-refractivity contribution in [2.24, 2.45) is 0 Å². The number of nitrogens with zero attached hydrogens (tertiary/aromatic N) is 2. The monoisotopic (exact) mass is 657 g/mol. The number of amides is 2. The highest BCUT2D eigenvalue weighted by atomic mass is 35.5. The molecule has 1 unspecified atom stereocenters. The molecule has 0 heterocycles. The molecule has 0 aliphatic heterocycles. The molecular weight excluding hydrogens is 618 g/mol. The van der Waals surface area contributed by atoms with Crippen molar-refractivity contribution in [2.75, 3.05) is 10.8 Å². The van der Waals surface area contributed by atoms with Crippen LogP contribution in [0.1, 0.15) is 47.9 Å². The van der Waals surface area contributed by atoms with Crippen LogP contribution in [0, 0.1) is 13.8 Å². The topological polar surface area (TPSA) is 86.8 Å². The molecular formula is C37H40ClN3O4S. The molecule has 46 heavy (non-hydrogen) atoms. The maximum Gasteiger partial charge on any atom is 0.264 e. The summed E-state index contributed by atoms with van der Waals surface area (Å²) in [5, 5.41) is 3.55. The lowest BCUT2D eigenvalue weighted by Gasteiger charge is -2.34. The second-order valence-electron chi connectivity index (χ2n) is 12.0. The largest absolute Gasteiger partial charge is 0.352 e. The molecule has 0 aromatic heterocycles. The molecule has 1 aliphatic rings. The van der Waals surface area contributed by atoms with E-state index in [1.807, 2.05) is 61.5 Å². The van der Waals surface area contributed by atoms with Gasteiger partial charge in [0.2, 0.25) is 11.8 Å². The Morgan fingerprint density at radius 2 is 1.48 bits per heavy atom. The quantitative estimate of drug-likeness (QED) is 0.181. The zero-order chi connectivity index (χ0) is 32.7. The Labute approximate surface area is 277 Å². The van der Waals surface area contributed by atoms with Crippen molar-refractivity contribution in [3.05, 3.63) is 130 Å². The number of benzene rings is 4. The number of anilines is 1. The van der Waals surface area contributed by atoms with Gasteiger partial charge in [-0.15, -0.1) is 0 Å². The number of nitrogens with one attached hydrogen (secondary N) is 1. The van der Waals surface area contributed by atoms with Crippen LogP contribution >= 0.6 is 11.6 Å². The van der Waals surface area contributed by atoms with Crippen LogP contribution in [0.2, 0.25) is 5.02 Å². The van der Waals surface area contributed by atoms with Crippen LogP contribution in [0.25, 0.3) is 0 Å². The molecule has 1 N–H and O–H groups in total. The van der Waals surface area contributed by atoms with Gasteiger partial charge in [0.15, 0.2) is 0 Å². The Hall–Kier alpha value is -4.14. The summed E-state index contributed by atoms with van der Waals surface area (Å²) < 4.78 is 29.5. The van der Waals surface area contributed by atoms with Crippen LogP contribution in [-0.4, -0.2) is 43.8 Å². The van der Waals surface area contributed by atoms with Gasteiger partial charge in [-0.3, -0.25) is 13.9 Å². The second-order valence-corrected chi connectivity index (χ2v) is 14.3. The summed E-state index contributed by atoms with van der Waals surface area (Å²) in [5.41, 5.74) is 3.74. The van der Waals surface area contributed by atoms with Gasteiger partial charge in [-0.1, -0.05) is 109 Å². The number of aryl methyl sites for hydroxylation is 2. The van der Waals surface area contributed by atoms with Gasteiger partial charge in [0.05, 0.1) is 10.6 Å². The predicted octanol–water partition coefficient (Wildman–Crippen LogP) is 6.85. The molecule has 1 aliphatic carbocycles. The number of hydrogen-bond donors (Lipinski definition) is 1. The number of halogens is 1. The van der Waals surface area contributed by atoms with E-state index in [9.17, 15) is 18.0 Å². The minimum Gasteiger partial charge on any atom is -0.352 e. The van der Waals surface area contributed by atoms with Crippen molar-refractivity contribution in [1.82, 2.24) is 10.2 Å². The summed E-state index contributed by atoms with van der Waals surface area (Å²) in [6.07, 6.45) is 4.16. The minimum absolute atomic E-state index is 0.0474. The van der Waals surface area contributed by atoms with Crippen molar-refractivity contribution in [3.8, 4) is 0 Å². The minimum atomic E-state index is -4.20. The third-order valence-electron chi connectivity index (χ3n) is 8.50. The first-order valence-corrected chi connectivity index (χ1v) is 17.5. The molecule has 1 atom stereocenters. The van der Waals surface area contributed by atoms with Crippen LogP contribution in [0.5, 0.6) is 0 Å². The van der Waals surface area contributed by atoms with Gasteiger partial charge < -0.3 is 10.2 Å². The average Bonchev–Trinajstić information content (AvgIpc) is 3.57. The van der Waals surface area contributed by atoms with E-state index in [0.29, 0.717) is 16.3 Å². The zero-order valence-corrected chi connectivity index (χ0v) is 27.8. The number of carbonyl (C=O) groups excluding carboxylic acids is 2. The maximum atomic E-state index is 14.7. The molecule has 0 saturated heterocycles. The maximum absolute atomic E-state index is 14.7. The number of sulfonamides is 1. The Bertz CT molecular complexity index is 1740. The molecule has 1 fully saturated rings. The standard InChI is InChI=1S/C37H40ClN3O4S/c1-27-17-20-30(21-18-27)25-40(35(23-29-11-5-3-6-12-29)37(43)39-32-13-9-10-14-32)36(42)26-41(34-24-31(38)22-19-28(34)2)46(44,45)33-15-7-4-8-16-33/h3-8,11-12,15-22,24,32,35H,9-10,13-14,23,25-26H2,1-2H3,(H,39,43). The highest BCUT2D eigenvalue weighted by molar-refractivity contribution is 7.92. The van der Waals surface area contributed by atoms with E-state index in [1.165, 1.54) is 17.0 Å². The van der Waals surface area contributed by atoms with Crippen LogP contribution in [0.15, 0.2) is 108 Å². The first kappa shape index (κ1) is 33.2. The van der Waals surface area contributed by atoms with Crippen LogP contribution in [-0.2, 0) is 32.6 Å². The van der Waals surface area contributed by atoms with Crippen LogP contribution < -0.4 is 9.62 Å². The van der Waals surface area contributed by atoms with Crippen molar-refractivity contribution in [3.63, 3.8) is 0 Å². The van der Waals surface area contributed by atoms with E-state index in [4.69, 9.17) is 11.6 Å². The van der Waals surface area contributed by atoms with Crippen molar-refractivity contribution in [2.45, 2.75) is 69.5 Å². The van der Waals surface area contributed by atoms with Crippen molar-refractivity contribution in [1.29, 1.82) is 0 Å². The van der Waals surface area contributed by atoms with E-state index < -0.39 is 28.5 Å². The fourth-order valence-electron chi connectivity index (χ4n) is 5.90. The Morgan fingerprint density at radius 3 is 2.13 bits per heavy atom. The lowest BCUT2D eigenvalue weighted by Crippen LogP contribution is -2.54. The highest BCUT2D eigenvalue weighted by Crippen LogP contribution is 2.30. The molecule has 2 amide bonds. The lowest BCUT2D eigenvalue weighted by atomic mass is 10.0. The van der Waals surface area contributed by atoms with Gasteiger partial charge in [-0.2, -0.15) is 0 Å². The average molecular weight is 658 g/mol. The van der Waals surface area contributed by atoms with Gasteiger partial charge in [-0.05, 0) is 67.6 Å². The van der Waals surface area contributed by atoms with Crippen LogP contribution in [0.3, 0.4) is 0 Å². The van der Waals surface area contributed by atoms with Gasteiger partial charge in [-0.25, -0.2) is 8.42 Å². The summed E-state index contributed by atoms with van der Waals surface area (Å²) in [7, 11) is -4.20. The smallest absolute Gasteiger partial charge is 0.264 e. The normalized spacial score (nSPS) is 14.1. The lowest BCUT2D eigenvalue weighted by molar-refractivity contribution is -0.140. The fourth-order valence-corrected chi connectivity index (χ4v) is 7.55. The van der Waals surface area contributed by atoms with E-state index in [-0.39, 0.29) is 29.8 Å². The van der Waals surface area contributed by atoms with E-state index in [2.05, 4.69) is 5.32 Å². The Kier molecular flexibility index (Phi) is 10.8. The van der Waals surface area contributed by atoms with Gasteiger partial charge in [0.1, 0.15) is 12.6 Å². The molecule has 240 valence electrons. The first-order chi connectivity index (χ1) is 22.1. The zero-order valence-electron chi connectivity index (χ0n) is 26.2. The third-order valence-corrected chi connectivity index (χ3v) is 10.5. The fraction of sp³-hybridized carbons (Fsp3) is 0.297. The van der Waals surface area contributed by atoms with Gasteiger partial charge in [0, 0.05) is 24.0 Å². The summed E-state index contributed by atoms with van der Waals surface area (Å²) in [6, 6.07) is 29.6. The molecule has 0 bridgehead atoms. The molecule has 5 rings (SSSR count). The summed E-state index contributed by atoms with van der Waals surface area (Å²) in [4.78, 5) is 30.4. The summed E-state index contributed by atoms with van der Waals surface area (Å²) in [6.45, 7) is 3.37. The molecule has 4 aromatic rings. The van der Waals surface area contributed by atoms with Crippen LogP contribution in [0.4, 0.5) is 5.69 Å². The van der Waals surface area contributed by atoms with E-state index >= 15 is 0 Å². The SMILES string of the molecule is Cc1ccc(CN(C(=O)CN(c2cc(Cl)ccc2C)S(=O)(=O)c2ccccc2)C(Cc2ccccc2)C(=O)NC2CCCC2)cc1. The van der Waals surface area contributed by atoms with Gasteiger partial charge >= 0.3 is 0 Å². The summed E-state index contributed by atoms with van der Waals surface area (Å²) in [5.74, 6) is -0.741. The van der Waals surface area contributed by atoms with E-state index in [0.717, 1.165) is 46.7 Å².